The molecule has 2 unspecified atom stereocenters. The van der Waals surface area contributed by atoms with Crippen molar-refractivity contribution in [1.82, 2.24) is 0 Å². The van der Waals surface area contributed by atoms with Gasteiger partial charge in [-0.25, -0.2) is 4.57 Å². The fourth-order valence-corrected chi connectivity index (χ4v) is 5.87. The molecule has 0 aliphatic carbocycles. The lowest BCUT2D eigenvalue weighted by Crippen LogP contribution is -2.29. The van der Waals surface area contributed by atoms with Gasteiger partial charge in [0.1, 0.15) is 6.61 Å². The van der Waals surface area contributed by atoms with Gasteiger partial charge in [-0.1, -0.05) is 131 Å². The largest absolute Gasteiger partial charge is 0.469 e. The fraction of sp³-hybridized carbons (Fsp3) is 0.644. The molecule has 0 amide bonds. The molecule has 1 fully saturated rings. The van der Waals surface area contributed by atoms with Gasteiger partial charge in [0.2, 0.25) is 0 Å². The van der Waals surface area contributed by atoms with Crippen LogP contribution in [-0.4, -0.2) is 53.3 Å². The second-order valence-corrected chi connectivity index (χ2v) is 15.2. The molecule has 0 aromatic rings. The Labute approximate surface area is 333 Å². The number of rotatable bonds is 36. The predicted molar refractivity (Wildman–Crippen MR) is 224 cm³/mol. The van der Waals surface area contributed by atoms with Gasteiger partial charge >= 0.3 is 19.8 Å². The van der Waals surface area contributed by atoms with E-state index >= 15 is 0 Å². The monoisotopic (exact) mass is 788 g/mol. The number of unbranched alkanes of at least 4 members (excludes halogenated alkanes) is 10. The summed E-state index contributed by atoms with van der Waals surface area (Å²) in [7, 11) is -4.79. The molecule has 0 radical (unpaired) electrons. The Morgan fingerprint density at radius 3 is 1.53 bits per heavy atom. The van der Waals surface area contributed by atoms with E-state index in [1.54, 1.807) is 0 Å². The van der Waals surface area contributed by atoms with E-state index in [1.807, 2.05) is 6.08 Å². The first-order valence-electron chi connectivity index (χ1n) is 21.0. The van der Waals surface area contributed by atoms with Crippen molar-refractivity contribution in [3.63, 3.8) is 0 Å². The molecule has 0 aromatic carbocycles. The third kappa shape index (κ3) is 35.4. The number of carbonyl (C=O) groups is 2. The number of esters is 2. The van der Waals surface area contributed by atoms with Crippen molar-refractivity contribution in [3.05, 3.63) is 85.1 Å². The van der Waals surface area contributed by atoms with Gasteiger partial charge in [-0.05, 0) is 96.3 Å². The van der Waals surface area contributed by atoms with Crippen molar-refractivity contribution >= 4 is 19.8 Å². The fourth-order valence-electron chi connectivity index (χ4n) is 5.51. The van der Waals surface area contributed by atoms with Crippen LogP contribution in [0.5, 0.6) is 0 Å². The van der Waals surface area contributed by atoms with E-state index in [0.717, 1.165) is 64.2 Å². The molecule has 2 N–H and O–H groups in total. The summed E-state index contributed by atoms with van der Waals surface area (Å²) in [4.78, 5) is 42.9. The molecule has 55 heavy (non-hydrogen) atoms. The molecule has 312 valence electrons. The third-order valence-electron chi connectivity index (χ3n) is 8.79. The molecular formula is C45H73O9P. The van der Waals surface area contributed by atoms with Gasteiger partial charge in [-0.3, -0.25) is 14.1 Å². The minimum absolute atomic E-state index is 0.155. The maximum Gasteiger partial charge on any atom is 0.469 e. The van der Waals surface area contributed by atoms with E-state index in [2.05, 4.69) is 97.4 Å². The second kappa shape index (κ2) is 35.6. The van der Waals surface area contributed by atoms with Crippen LogP contribution >= 0.6 is 7.82 Å². The first-order valence-corrected chi connectivity index (χ1v) is 22.5. The average Bonchev–Trinajstić information content (AvgIpc) is 3.91. The van der Waals surface area contributed by atoms with Gasteiger partial charge in [0.25, 0.3) is 0 Å². The van der Waals surface area contributed by atoms with Gasteiger partial charge in [-0.2, -0.15) is 0 Å². The Kier molecular flexibility index (Phi) is 32.5. The van der Waals surface area contributed by atoms with E-state index in [0.29, 0.717) is 31.5 Å². The third-order valence-corrected chi connectivity index (χ3v) is 9.27. The highest BCUT2D eigenvalue weighted by Gasteiger charge is 2.36. The summed E-state index contributed by atoms with van der Waals surface area (Å²) in [5.41, 5.74) is 0. The van der Waals surface area contributed by atoms with Gasteiger partial charge in [0.15, 0.2) is 6.10 Å². The first-order chi connectivity index (χ1) is 26.7. The number of phosphoric ester groups is 1. The predicted octanol–water partition coefficient (Wildman–Crippen LogP) is 11.8. The number of ether oxygens (including phenoxy) is 3. The highest BCUT2D eigenvalue weighted by atomic mass is 31.2. The van der Waals surface area contributed by atoms with Crippen molar-refractivity contribution < 1.29 is 42.7 Å². The van der Waals surface area contributed by atoms with Crippen LogP contribution in [0, 0.1) is 0 Å². The molecule has 0 aromatic heterocycles. The SMILES string of the molecule is CCCCC/C=C\C/C=C\C/C=C\C/C=C\CCCCCC(=O)O[C@H](COC(=O)CCC/C=C\C/C=C\CC1OC1C/C=C\CCCCC)COP(=O)(O)O. The molecule has 9 nitrogen and oxygen atoms in total. The molecule has 10 heteroatoms. The molecule has 0 bridgehead atoms. The summed E-state index contributed by atoms with van der Waals surface area (Å²) in [6, 6.07) is 0. The Bertz CT molecular complexity index is 1230. The van der Waals surface area contributed by atoms with Crippen molar-refractivity contribution in [2.24, 2.45) is 0 Å². The van der Waals surface area contributed by atoms with E-state index in [1.165, 1.54) is 44.9 Å². The Balaban J connectivity index is 2.15. The normalized spacial score (nSPS) is 17.0. The topological polar surface area (TPSA) is 132 Å². The minimum atomic E-state index is -4.79. The molecule has 0 saturated carbocycles. The minimum Gasteiger partial charge on any atom is -0.462 e. The van der Waals surface area contributed by atoms with Crippen LogP contribution in [0.4, 0.5) is 0 Å². The summed E-state index contributed by atoms with van der Waals surface area (Å²) in [6.07, 6.45) is 50.5. The Morgan fingerprint density at radius 1 is 0.564 bits per heavy atom. The molecule has 0 spiro atoms. The Morgan fingerprint density at radius 2 is 1.00 bits per heavy atom. The molecular weight excluding hydrogens is 715 g/mol. The van der Waals surface area contributed by atoms with Crippen molar-refractivity contribution in [3.8, 4) is 0 Å². The molecule has 1 rings (SSSR count). The number of phosphoric acid groups is 1. The zero-order valence-electron chi connectivity index (χ0n) is 34.0. The van der Waals surface area contributed by atoms with Crippen LogP contribution in [0.25, 0.3) is 0 Å². The maximum absolute atomic E-state index is 12.4. The quantitative estimate of drug-likeness (QED) is 0.0209. The van der Waals surface area contributed by atoms with Crippen LogP contribution in [-0.2, 0) is 32.9 Å². The molecule has 1 aliphatic heterocycles. The number of hydrogen-bond acceptors (Lipinski definition) is 7. The van der Waals surface area contributed by atoms with Gasteiger partial charge in [0, 0.05) is 12.8 Å². The van der Waals surface area contributed by atoms with E-state index < -0.39 is 32.5 Å². The van der Waals surface area contributed by atoms with Gasteiger partial charge in [0.05, 0.1) is 18.8 Å². The van der Waals surface area contributed by atoms with Crippen LogP contribution in [0.3, 0.4) is 0 Å². The zero-order valence-corrected chi connectivity index (χ0v) is 34.9. The lowest BCUT2D eigenvalue weighted by atomic mass is 10.1. The summed E-state index contributed by atoms with van der Waals surface area (Å²) in [5.74, 6) is -1.00. The van der Waals surface area contributed by atoms with Gasteiger partial charge < -0.3 is 24.0 Å². The van der Waals surface area contributed by atoms with E-state index in [9.17, 15) is 14.2 Å². The van der Waals surface area contributed by atoms with Crippen LogP contribution in [0.15, 0.2) is 85.1 Å². The standard InChI is InChI=1S/C45H73O9P/c1-3-5-7-9-11-12-13-14-15-16-17-18-19-20-21-22-25-30-34-38-45(47)53-41(40-52-55(48,49)50)39-51-44(46)37-33-29-26-23-24-28-32-36-43-42(54-43)35-31-27-10-8-6-4-2/h11-12,14-15,17-18,20-21,23,26-28,31-32,41-43H,3-10,13,16,19,22,24-25,29-30,33-40H2,1-2H3,(H2,48,49,50)/b12-11-,15-14-,18-17-,21-20-,26-23-,31-27-,32-28-/t41-,42?,43?/m1/s1. The molecule has 1 saturated heterocycles. The number of epoxide rings is 1. The van der Waals surface area contributed by atoms with Crippen molar-refractivity contribution in [1.29, 1.82) is 0 Å². The molecule has 1 aliphatic rings. The average molecular weight is 789 g/mol. The summed E-state index contributed by atoms with van der Waals surface area (Å²) in [6.45, 7) is 3.53. The Hall–Kier alpha value is -2.81. The summed E-state index contributed by atoms with van der Waals surface area (Å²) < 4.78 is 32.1. The summed E-state index contributed by atoms with van der Waals surface area (Å²) >= 11 is 0. The van der Waals surface area contributed by atoms with Crippen molar-refractivity contribution in [2.75, 3.05) is 13.2 Å². The zero-order chi connectivity index (χ0) is 40.1. The van der Waals surface area contributed by atoms with Crippen LogP contribution < -0.4 is 0 Å². The maximum atomic E-state index is 12.4. The lowest BCUT2D eigenvalue weighted by molar-refractivity contribution is -0.161. The molecule has 3 atom stereocenters. The number of carbonyl (C=O) groups excluding carboxylic acids is 2. The smallest absolute Gasteiger partial charge is 0.462 e. The van der Waals surface area contributed by atoms with Crippen molar-refractivity contribution in [2.45, 2.75) is 173 Å². The van der Waals surface area contributed by atoms with E-state index in [4.69, 9.17) is 24.0 Å². The highest BCUT2D eigenvalue weighted by Crippen LogP contribution is 2.36. The van der Waals surface area contributed by atoms with Crippen LogP contribution in [0.2, 0.25) is 0 Å². The van der Waals surface area contributed by atoms with Crippen LogP contribution in [0.1, 0.15) is 155 Å². The van der Waals surface area contributed by atoms with Gasteiger partial charge in [-0.15, -0.1) is 0 Å². The number of hydrogen-bond donors (Lipinski definition) is 2. The highest BCUT2D eigenvalue weighted by molar-refractivity contribution is 7.46. The lowest BCUT2D eigenvalue weighted by Gasteiger charge is -2.18. The second-order valence-electron chi connectivity index (χ2n) is 14.0. The first kappa shape index (κ1) is 50.2. The number of allylic oxidation sites excluding steroid dienone is 12. The molecule has 1 heterocycles. The van der Waals surface area contributed by atoms with E-state index in [-0.39, 0.29) is 19.4 Å². The summed E-state index contributed by atoms with van der Waals surface area (Å²) in [5, 5.41) is 0.